The molecule has 2 saturated carbocycles. The van der Waals surface area contributed by atoms with Crippen LogP contribution in [-0.4, -0.2) is 37.5 Å². The summed E-state index contributed by atoms with van der Waals surface area (Å²) in [6, 6.07) is 1.52. The largest absolute Gasteiger partial charge is 0.294 e. The molecule has 3 heterocycles. The number of thiazole rings is 1. The van der Waals surface area contributed by atoms with Crippen LogP contribution in [0.25, 0.3) is 11.0 Å². The molecule has 2 fully saturated rings. The average molecular weight is 460 g/mol. The summed E-state index contributed by atoms with van der Waals surface area (Å²) in [4.78, 5) is 36.5. The lowest BCUT2D eigenvalue weighted by Gasteiger charge is -2.19. The van der Waals surface area contributed by atoms with E-state index in [1.807, 2.05) is 0 Å². The molecule has 0 bridgehead atoms. The van der Waals surface area contributed by atoms with Crippen molar-refractivity contribution in [2.45, 2.75) is 71.4 Å². The third kappa shape index (κ3) is 3.70. The van der Waals surface area contributed by atoms with Gasteiger partial charge in [-0.1, -0.05) is 11.3 Å². The number of fused-ring (bicyclic) bond motifs is 1. The van der Waals surface area contributed by atoms with Crippen molar-refractivity contribution in [1.29, 1.82) is 0 Å². The minimum atomic E-state index is -2.64. The Morgan fingerprint density at radius 3 is 2.47 bits per heavy atom. The first-order valence-corrected chi connectivity index (χ1v) is 11.5. The zero-order valence-electron chi connectivity index (χ0n) is 18.1. The summed E-state index contributed by atoms with van der Waals surface area (Å²) in [5.41, 5.74) is 1.93. The SMILES string of the molecule is CC(=O)c1sc(N(C(=O)Cn2nc(C)c3c(C(F)F)cc(C4CC4)nc32)C2CC2)nc1C. The van der Waals surface area contributed by atoms with E-state index in [4.69, 9.17) is 0 Å². The van der Waals surface area contributed by atoms with E-state index in [0.717, 1.165) is 25.7 Å². The number of nitrogens with zero attached hydrogens (tertiary/aromatic N) is 5. The zero-order chi connectivity index (χ0) is 22.7. The van der Waals surface area contributed by atoms with Gasteiger partial charge in [0.1, 0.15) is 6.54 Å². The second kappa shape index (κ2) is 7.68. The molecule has 1 amide bonds. The van der Waals surface area contributed by atoms with Crippen LogP contribution in [0.3, 0.4) is 0 Å². The lowest BCUT2D eigenvalue weighted by Crippen LogP contribution is -2.36. The van der Waals surface area contributed by atoms with Crippen molar-refractivity contribution in [3.8, 4) is 0 Å². The number of aromatic nitrogens is 4. The first-order valence-electron chi connectivity index (χ1n) is 10.7. The summed E-state index contributed by atoms with van der Waals surface area (Å²) >= 11 is 1.21. The molecular weight excluding hydrogens is 436 g/mol. The highest BCUT2D eigenvalue weighted by Crippen LogP contribution is 2.42. The smallest absolute Gasteiger partial charge is 0.264 e. The average Bonchev–Trinajstić information content (AvgIpc) is 3.65. The lowest BCUT2D eigenvalue weighted by molar-refractivity contribution is -0.119. The Hall–Kier alpha value is -2.75. The van der Waals surface area contributed by atoms with Gasteiger partial charge in [-0.25, -0.2) is 23.4 Å². The Bertz CT molecular complexity index is 1240. The van der Waals surface area contributed by atoms with E-state index in [1.165, 1.54) is 29.0 Å². The van der Waals surface area contributed by atoms with Crippen molar-refractivity contribution in [2.24, 2.45) is 0 Å². The summed E-state index contributed by atoms with van der Waals surface area (Å²) in [6.07, 6.45) is 0.947. The standard InChI is InChI=1S/C22H23F2N5O2S/c1-10-18-15(20(23)24)8-16(13-4-5-13)26-21(18)28(27-10)9-17(31)29(14-6-7-14)22-25-11(2)19(32-22)12(3)30/h8,13-14,20H,4-7,9H2,1-3H3. The first-order chi connectivity index (χ1) is 15.2. The molecule has 5 rings (SSSR count). The summed E-state index contributed by atoms with van der Waals surface area (Å²) in [5.74, 6) is -0.125. The molecule has 2 aliphatic rings. The number of anilines is 1. The monoisotopic (exact) mass is 459 g/mol. The van der Waals surface area contributed by atoms with Gasteiger partial charge in [0.05, 0.1) is 21.7 Å². The number of pyridine rings is 1. The lowest BCUT2D eigenvalue weighted by atomic mass is 10.1. The van der Waals surface area contributed by atoms with Crippen molar-refractivity contribution >= 4 is 39.2 Å². The number of hydrogen-bond donors (Lipinski definition) is 0. The van der Waals surface area contributed by atoms with Gasteiger partial charge in [0.25, 0.3) is 12.3 Å². The van der Waals surface area contributed by atoms with Crippen LogP contribution in [-0.2, 0) is 11.3 Å². The minimum Gasteiger partial charge on any atom is -0.294 e. The first kappa shape index (κ1) is 21.1. The van der Waals surface area contributed by atoms with E-state index in [0.29, 0.717) is 38.1 Å². The molecule has 0 unspecified atom stereocenters. The van der Waals surface area contributed by atoms with Crippen LogP contribution >= 0.6 is 11.3 Å². The maximum atomic E-state index is 13.8. The number of carbonyl (C=O) groups excluding carboxylic acids is 2. The Kier molecular flexibility index (Phi) is 5.07. The van der Waals surface area contributed by atoms with Crippen molar-refractivity contribution in [2.75, 3.05) is 4.90 Å². The van der Waals surface area contributed by atoms with Crippen LogP contribution in [0.4, 0.5) is 13.9 Å². The van der Waals surface area contributed by atoms with Gasteiger partial charge < -0.3 is 0 Å². The maximum absolute atomic E-state index is 13.8. The predicted molar refractivity (Wildman–Crippen MR) is 117 cm³/mol. The van der Waals surface area contributed by atoms with Crippen molar-refractivity contribution in [3.63, 3.8) is 0 Å². The molecular formula is C22H23F2N5O2S. The zero-order valence-corrected chi connectivity index (χ0v) is 18.9. The van der Waals surface area contributed by atoms with Gasteiger partial charge in [0.2, 0.25) is 0 Å². The van der Waals surface area contributed by atoms with Gasteiger partial charge in [0, 0.05) is 30.1 Å². The van der Waals surface area contributed by atoms with E-state index in [2.05, 4.69) is 15.1 Å². The van der Waals surface area contributed by atoms with Crippen LogP contribution in [0.5, 0.6) is 0 Å². The number of rotatable bonds is 7. The molecule has 0 atom stereocenters. The highest BCUT2D eigenvalue weighted by atomic mass is 32.1. The fourth-order valence-electron chi connectivity index (χ4n) is 4.09. The van der Waals surface area contributed by atoms with Crippen LogP contribution < -0.4 is 4.90 Å². The van der Waals surface area contributed by atoms with E-state index in [1.54, 1.807) is 18.7 Å². The summed E-state index contributed by atoms with van der Waals surface area (Å²) in [6.45, 7) is 4.77. The van der Waals surface area contributed by atoms with Gasteiger partial charge >= 0.3 is 0 Å². The normalized spacial score (nSPS) is 16.2. The second-order valence-electron chi connectivity index (χ2n) is 8.62. The Balaban J connectivity index is 1.52. The molecule has 3 aromatic rings. The highest BCUT2D eigenvalue weighted by Gasteiger charge is 2.37. The quantitative estimate of drug-likeness (QED) is 0.478. The predicted octanol–water partition coefficient (Wildman–Crippen LogP) is 4.72. The Morgan fingerprint density at radius 2 is 1.91 bits per heavy atom. The van der Waals surface area contributed by atoms with E-state index >= 15 is 0 Å². The minimum absolute atomic E-state index is 0.0300. The van der Waals surface area contributed by atoms with Gasteiger partial charge in [-0.05, 0) is 45.6 Å². The van der Waals surface area contributed by atoms with Gasteiger partial charge in [0.15, 0.2) is 16.6 Å². The summed E-state index contributed by atoms with van der Waals surface area (Å²) in [5, 5.41) is 5.22. The van der Waals surface area contributed by atoms with Crippen molar-refractivity contribution < 1.29 is 18.4 Å². The van der Waals surface area contributed by atoms with Gasteiger partial charge in [-0.15, -0.1) is 0 Å². The molecule has 0 radical (unpaired) electrons. The fourth-order valence-corrected chi connectivity index (χ4v) is 5.14. The molecule has 32 heavy (non-hydrogen) atoms. The van der Waals surface area contributed by atoms with E-state index in [-0.39, 0.29) is 35.8 Å². The molecule has 7 nitrogen and oxygen atoms in total. The molecule has 0 saturated heterocycles. The third-order valence-electron chi connectivity index (χ3n) is 5.94. The van der Waals surface area contributed by atoms with Crippen molar-refractivity contribution in [3.05, 3.63) is 33.6 Å². The number of hydrogen-bond acceptors (Lipinski definition) is 6. The molecule has 168 valence electrons. The molecule has 0 N–H and O–H groups in total. The number of halogens is 2. The number of amides is 1. The van der Waals surface area contributed by atoms with Gasteiger partial charge in [-0.3, -0.25) is 14.5 Å². The number of aryl methyl sites for hydroxylation is 2. The molecule has 0 aliphatic heterocycles. The third-order valence-corrected chi connectivity index (χ3v) is 7.19. The van der Waals surface area contributed by atoms with Crippen LogP contribution in [0.2, 0.25) is 0 Å². The molecule has 3 aromatic heterocycles. The fraction of sp³-hybridized carbons (Fsp3) is 0.500. The number of Topliss-reactive ketones (excluding diaryl/α,β-unsaturated/α-hetero) is 1. The van der Waals surface area contributed by atoms with Crippen LogP contribution in [0.15, 0.2) is 6.07 Å². The van der Waals surface area contributed by atoms with Gasteiger partial charge in [-0.2, -0.15) is 5.10 Å². The molecule has 2 aliphatic carbocycles. The van der Waals surface area contributed by atoms with E-state index in [9.17, 15) is 18.4 Å². The van der Waals surface area contributed by atoms with Crippen LogP contribution in [0, 0.1) is 13.8 Å². The number of ketones is 1. The second-order valence-corrected chi connectivity index (χ2v) is 9.59. The topological polar surface area (TPSA) is 81.0 Å². The summed E-state index contributed by atoms with van der Waals surface area (Å²) in [7, 11) is 0. The van der Waals surface area contributed by atoms with E-state index < -0.39 is 6.43 Å². The molecule has 0 spiro atoms. The molecule has 0 aromatic carbocycles. The number of carbonyl (C=O) groups is 2. The Labute approximate surface area is 187 Å². The highest BCUT2D eigenvalue weighted by molar-refractivity contribution is 7.17. The van der Waals surface area contributed by atoms with Crippen molar-refractivity contribution in [1.82, 2.24) is 19.7 Å². The number of alkyl halides is 2. The molecule has 10 heteroatoms. The maximum Gasteiger partial charge on any atom is 0.264 e. The van der Waals surface area contributed by atoms with Crippen LogP contribution in [0.1, 0.15) is 77.3 Å². The Morgan fingerprint density at radius 1 is 1.19 bits per heavy atom. The summed E-state index contributed by atoms with van der Waals surface area (Å²) < 4.78 is 29.1.